The van der Waals surface area contributed by atoms with E-state index in [9.17, 15) is 0 Å². The third-order valence-electron chi connectivity index (χ3n) is 3.33. The summed E-state index contributed by atoms with van der Waals surface area (Å²) in [5.41, 5.74) is 1.38. The van der Waals surface area contributed by atoms with Gasteiger partial charge in [-0.15, -0.1) is 0 Å². The van der Waals surface area contributed by atoms with Gasteiger partial charge in [-0.25, -0.2) is 0 Å². The van der Waals surface area contributed by atoms with Crippen molar-refractivity contribution in [2.24, 2.45) is 0 Å². The van der Waals surface area contributed by atoms with Crippen LogP contribution in [0.15, 0.2) is 24.5 Å². The second-order valence-corrected chi connectivity index (χ2v) is 4.76. The minimum Gasteiger partial charge on any atom is -0.311 e. The van der Waals surface area contributed by atoms with Crippen molar-refractivity contribution in [3.63, 3.8) is 0 Å². The molecule has 0 amide bonds. The van der Waals surface area contributed by atoms with E-state index in [1.54, 1.807) is 0 Å². The Labute approximate surface area is 97.9 Å². The van der Waals surface area contributed by atoms with Crippen LogP contribution >= 0.6 is 0 Å². The molecule has 16 heavy (non-hydrogen) atoms. The lowest BCUT2D eigenvalue weighted by Gasteiger charge is -2.37. The van der Waals surface area contributed by atoms with Crippen molar-refractivity contribution in [2.75, 3.05) is 19.6 Å². The largest absolute Gasteiger partial charge is 0.311 e. The molecule has 1 fully saturated rings. The third kappa shape index (κ3) is 3.03. The van der Waals surface area contributed by atoms with Crippen LogP contribution in [0.25, 0.3) is 0 Å². The standard InChI is InChI=1S/C13H21N3/c1-11-10-16(12(2)9-15-11)8-5-13-3-6-14-7-4-13/h3-4,6-7,11-12,15H,5,8-10H2,1-2H3. The first-order chi connectivity index (χ1) is 7.75. The highest BCUT2D eigenvalue weighted by molar-refractivity contribution is 5.10. The van der Waals surface area contributed by atoms with Gasteiger partial charge < -0.3 is 5.32 Å². The molecule has 1 aliphatic rings. The van der Waals surface area contributed by atoms with Crippen LogP contribution < -0.4 is 5.32 Å². The number of aromatic nitrogens is 1. The maximum absolute atomic E-state index is 4.04. The van der Waals surface area contributed by atoms with E-state index in [-0.39, 0.29) is 0 Å². The number of nitrogens with zero attached hydrogens (tertiary/aromatic N) is 2. The molecule has 2 atom stereocenters. The van der Waals surface area contributed by atoms with Gasteiger partial charge in [0, 0.05) is 44.1 Å². The fourth-order valence-corrected chi connectivity index (χ4v) is 2.23. The van der Waals surface area contributed by atoms with E-state index in [4.69, 9.17) is 0 Å². The van der Waals surface area contributed by atoms with Gasteiger partial charge >= 0.3 is 0 Å². The molecule has 0 spiro atoms. The van der Waals surface area contributed by atoms with Gasteiger partial charge in [-0.3, -0.25) is 9.88 Å². The maximum atomic E-state index is 4.04. The summed E-state index contributed by atoms with van der Waals surface area (Å²) in [6.07, 6.45) is 4.87. The van der Waals surface area contributed by atoms with Crippen LogP contribution in [0.2, 0.25) is 0 Å². The molecule has 2 unspecified atom stereocenters. The highest BCUT2D eigenvalue weighted by Gasteiger charge is 2.21. The molecule has 3 heteroatoms. The quantitative estimate of drug-likeness (QED) is 0.830. The van der Waals surface area contributed by atoms with Crippen LogP contribution in [-0.2, 0) is 6.42 Å². The van der Waals surface area contributed by atoms with E-state index in [1.165, 1.54) is 5.56 Å². The monoisotopic (exact) mass is 219 g/mol. The fraction of sp³-hybridized carbons (Fsp3) is 0.615. The van der Waals surface area contributed by atoms with E-state index >= 15 is 0 Å². The summed E-state index contributed by atoms with van der Waals surface area (Å²) < 4.78 is 0. The Morgan fingerprint density at radius 2 is 2.12 bits per heavy atom. The van der Waals surface area contributed by atoms with Gasteiger partial charge in [-0.1, -0.05) is 0 Å². The van der Waals surface area contributed by atoms with E-state index in [2.05, 4.69) is 41.2 Å². The summed E-state index contributed by atoms with van der Waals surface area (Å²) in [4.78, 5) is 6.61. The van der Waals surface area contributed by atoms with Gasteiger partial charge in [0.15, 0.2) is 0 Å². The number of pyridine rings is 1. The molecule has 2 heterocycles. The molecule has 0 bridgehead atoms. The number of rotatable bonds is 3. The Balaban J connectivity index is 1.85. The van der Waals surface area contributed by atoms with E-state index in [0.29, 0.717) is 12.1 Å². The molecular formula is C13H21N3. The van der Waals surface area contributed by atoms with Crippen LogP contribution in [0, 0.1) is 0 Å². The number of piperazine rings is 1. The first kappa shape index (κ1) is 11.6. The Hall–Kier alpha value is -0.930. The van der Waals surface area contributed by atoms with Crippen LogP contribution in [0.3, 0.4) is 0 Å². The minimum absolute atomic E-state index is 0.619. The Bertz CT molecular complexity index is 312. The second kappa shape index (κ2) is 5.41. The highest BCUT2D eigenvalue weighted by Crippen LogP contribution is 2.08. The average molecular weight is 219 g/mol. The predicted octanol–water partition coefficient (Wildman–Crippen LogP) is 1.31. The molecule has 88 valence electrons. The smallest absolute Gasteiger partial charge is 0.0270 e. The van der Waals surface area contributed by atoms with Gasteiger partial charge in [0.2, 0.25) is 0 Å². The summed E-state index contributed by atoms with van der Waals surface area (Å²) in [6, 6.07) is 5.48. The van der Waals surface area contributed by atoms with Crippen molar-refractivity contribution in [1.29, 1.82) is 0 Å². The van der Waals surface area contributed by atoms with Gasteiger partial charge in [0.1, 0.15) is 0 Å². The SMILES string of the molecule is CC1CN(CCc2ccncc2)C(C)CN1. The molecule has 0 aromatic carbocycles. The zero-order valence-corrected chi connectivity index (χ0v) is 10.2. The first-order valence-corrected chi connectivity index (χ1v) is 6.12. The topological polar surface area (TPSA) is 28.2 Å². The molecule has 1 aromatic heterocycles. The second-order valence-electron chi connectivity index (χ2n) is 4.76. The van der Waals surface area contributed by atoms with Crippen molar-refractivity contribution < 1.29 is 0 Å². The molecular weight excluding hydrogens is 198 g/mol. The Kier molecular flexibility index (Phi) is 3.91. The fourth-order valence-electron chi connectivity index (χ4n) is 2.23. The van der Waals surface area contributed by atoms with E-state index in [1.807, 2.05) is 12.4 Å². The van der Waals surface area contributed by atoms with E-state index < -0.39 is 0 Å². The molecule has 3 nitrogen and oxygen atoms in total. The highest BCUT2D eigenvalue weighted by atomic mass is 15.2. The van der Waals surface area contributed by atoms with Gasteiger partial charge in [0.05, 0.1) is 0 Å². The lowest BCUT2D eigenvalue weighted by molar-refractivity contribution is 0.148. The Morgan fingerprint density at radius 3 is 2.88 bits per heavy atom. The van der Waals surface area contributed by atoms with Crippen LogP contribution in [0.5, 0.6) is 0 Å². The molecule has 1 saturated heterocycles. The molecule has 1 N–H and O–H groups in total. The van der Waals surface area contributed by atoms with Crippen molar-refractivity contribution in [3.05, 3.63) is 30.1 Å². The summed E-state index contributed by atoms with van der Waals surface area (Å²) in [5.74, 6) is 0. The minimum atomic E-state index is 0.619. The van der Waals surface area contributed by atoms with Crippen LogP contribution in [-0.4, -0.2) is 41.6 Å². The zero-order chi connectivity index (χ0) is 11.4. The number of nitrogens with one attached hydrogen (secondary N) is 1. The van der Waals surface area contributed by atoms with Gasteiger partial charge in [-0.2, -0.15) is 0 Å². The predicted molar refractivity (Wildman–Crippen MR) is 66.4 cm³/mol. The van der Waals surface area contributed by atoms with Crippen LogP contribution in [0.4, 0.5) is 0 Å². The average Bonchev–Trinajstić information content (AvgIpc) is 2.32. The molecule has 0 radical (unpaired) electrons. The summed E-state index contributed by atoms with van der Waals surface area (Å²) in [7, 11) is 0. The van der Waals surface area contributed by atoms with Crippen molar-refractivity contribution >= 4 is 0 Å². The molecule has 0 aliphatic carbocycles. The summed E-state index contributed by atoms with van der Waals surface area (Å²) in [6.45, 7) is 7.97. The van der Waals surface area contributed by atoms with Gasteiger partial charge in [-0.05, 0) is 38.0 Å². The van der Waals surface area contributed by atoms with Crippen molar-refractivity contribution in [2.45, 2.75) is 32.4 Å². The van der Waals surface area contributed by atoms with Crippen LogP contribution in [0.1, 0.15) is 19.4 Å². The lowest BCUT2D eigenvalue weighted by Crippen LogP contribution is -2.54. The van der Waals surface area contributed by atoms with E-state index in [0.717, 1.165) is 26.1 Å². The van der Waals surface area contributed by atoms with Gasteiger partial charge in [0.25, 0.3) is 0 Å². The third-order valence-corrected chi connectivity index (χ3v) is 3.33. The summed E-state index contributed by atoms with van der Waals surface area (Å²) in [5, 5.41) is 3.51. The normalized spacial score (nSPS) is 26.9. The Morgan fingerprint density at radius 1 is 1.38 bits per heavy atom. The van der Waals surface area contributed by atoms with Crippen molar-refractivity contribution in [1.82, 2.24) is 15.2 Å². The van der Waals surface area contributed by atoms with Crippen molar-refractivity contribution in [3.8, 4) is 0 Å². The molecule has 2 rings (SSSR count). The molecule has 0 saturated carbocycles. The number of hydrogen-bond donors (Lipinski definition) is 1. The lowest BCUT2D eigenvalue weighted by atomic mass is 10.1. The molecule has 1 aliphatic heterocycles. The summed E-state index contributed by atoms with van der Waals surface area (Å²) >= 11 is 0. The first-order valence-electron chi connectivity index (χ1n) is 6.12. The maximum Gasteiger partial charge on any atom is 0.0270 e. The zero-order valence-electron chi connectivity index (χ0n) is 10.2. The number of hydrogen-bond acceptors (Lipinski definition) is 3. The molecule has 1 aromatic rings.